The standard InChI is InChI=1S/C13H25N3O2S2/c1-10(2)12(9-16(4)5)15-20(17,18)13-7-6-11(19-13)8-14-3/h6-7,10,12,14-15H,8-9H2,1-5H3. The highest BCUT2D eigenvalue weighted by Crippen LogP contribution is 2.22. The lowest BCUT2D eigenvalue weighted by molar-refractivity contribution is 0.314. The maximum absolute atomic E-state index is 12.4. The largest absolute Gasteiger partial charge is 0.315 e. The number of hydrogen-bond donors (Lipinski definition) is 2. The molecule has 5 nitrogen and oxygen atoms in total. The summed E-state index contributed by atoms with van der Waals surface area (Å²) in [5.74, 6) is 0.240. The summed E-state index contributed by atoms with van der Waals surface area (Å²) < 4.78 is 28.0. The first-order valence-electron chi connectivity index (χ1n) is 6.66. The van der Waals surface area contributed by atoms with E-state index in [1.807, 2.05) is 46.0 Å². The Morgan fingerprint density at radius 2 is 1.95 bits per heavy atom. The first kappa shape index (κ1) is 17.6. The van der Waals surface area contributed by atoms with Crippen LogP contribution in [0.2, 0.25) is 0 Å². The van der Waals surface area contributed by atoms with Gasteiger partial charge in [-0.1, -0.05) is 13.8 Å². The molecule has 0 bridgehead atoms. The smallest absolute Gasteiger partial charge is 0.250 e. The molecule has 0 saturated carbocycles. The highest BCUT2D eigenvalue weighted by Gasteiger charge is 2.24. The van der Waals surface area contributed by atoms with Gasteiger partial charge in [0.2, 0.25) is 10.0 Å². The highest BCUT2D eigenvalue weighted by atomic mass is 32.2. The average Bonchev–Trinajstić information content (AvgIpc) is 2.77. The maximum atomic E-state index is 12.4. The molecule has 0 aromatic carbocycles. The van der Waals surface area contributed by atoms with Gasteiger partial charge in [-0.15, -0.1) is 11.3 Å². The molecule has 0 spiro atoms. The van der Waals surface area contributed by atoms with Crippen LogP contribution in [-0.2, 0) is 16.6 Å². The van der Waals surface area contributed by atoms with Gasteiger partial charge in [0.15, 0.2) is 0 Å². The van der Waals surface area contributed by atoms with Crippen LogP contribution in [0.5, 0.6) is 0 Å². The molecule has 1 unspecified atom stereocenters. The van der Waals surface area contributed by atoms with Gasteiger partial charge in [-0.05, 0) is 39.2 Å². The van der Waals surface area contributed by atoms with Gasteiger partial charge in [0.05, 0.1) is 0 Å². The molecule has 1 aromatic heterocycles. The van der Waals surface area contributed by atoms with Crippen molar-refractivity contribution in [3.63, 3.8) is 0 Å². The highest BCUT2D eigenvalue weighted by molar-refractivity contribution is 7.91. The van der Waals surface area contributed by atoms with Crippen molar-refractivity contribution in [3.8, 4) is 0 Å². The molecule has 0 aliphatic carbocycles. The normalized spacial score (nSPS) is 14.2. The summed E-state index contributed by atoms with van der Waals surface area (Å²) in [4.78, 5) is 3.01. The fourth-order valence-corrected chi connectivity index (χ4v) is 4.57. The molecule has 0 amide bonds. The molecule has 7 heteroatoms. The first-order chi connectivity index (χ1) is 9.26. The number of nitrogens with one attached hydrogen (secondary N) is 2. The molecular weight excluding hydrogens is 294 g/mol. The van der Waals surface area contributed by atoms with E-state index in [4.69, 9.17) is 0 Å². The number of nitrogens with zero attached hydrogens (tertiary/aromatic N) is 1. The minimum Gasteiger partial charge on any atom is -0.315 e. The van der Waals surface area contributed by atoms with Crippen molar-refractivity contribution < 1.29 is 8.42 Å². The Labute approximate surface area is 126 Å². The van der Waals surface area contributed by atoms with Crippen molar-refractivity contribution in [2.45, 2.75) is 30.6 Å². The summed E-state index contributed by atoms with van der Waals surface area (Å²) in [6, 6.07) is 3.43. The van der Waals surface area contributed by atoms with Crippen LogP contribution in [0.25, 0.3) is 0 Å². The second kappa shape index (κ2) is 7.51. The lowest BCUT2D eigenvalue weighted by atomic mass is 10.1. The number of rotatable bonds is 8. The quantitative estimate of drug-likeness (QED) is 0.759. The van der Waals surface area contributed by atoms with E-state index in [1.54, 1.807) is 6.07 Å². The van der Waals surface area contributed by atoms with Gasteiger partial charge in [0.25, 0.3) is 0 Å². The molecular formula is C13H25N3O2S2. The van der Waals surface area contributed by atoms with E-state index in [2.05, 4.69) is 10.0 Å². The van der Waals surface area contributed by atoms with Gasteiger partial charge in [0.1, 0.15) is 4.21 Å². The first-order valence-corrected chi connectivity index (χ1v) is 8.96. The van der Waals surface area contributed by atoms with Crippen molar-refractivity contribution in [1.29, 1.82) is 0 Å². The molecule has 1 heterocycles. The predicted molar refractivity (Wildman–Crippen MR) is 84.6 cm³/mol. The van der Waals surface area contributed by atoms with Gasteiger partial charge in [-0.3, -0.25) is 0 Å². The van der Waals surface area contributed by atoms with Gasteiger partial charge < -0.3 is 10.2 Å². The Kier molecular flexibility index (Phi) is 6.60. The predicted octanol–water partition coefficient (Wildman–Crippen LogP) is 1.33. The molecule has 1 atom stereocenters. The molecule has 20 heavy (non-hydrogen) atoms. The summed E-state index contributed by atoms with van der Waals surface area (Å²) in [5, 5.41) is 3.02. The topological polar surface area (TPSA) is 61.4 Å². The van der Waals surface area contributed by atoms with E-state index in [-0.39, 0.29) is 12.0 Å². The average molecular weight is 319 g/mol. The summed E-state index contributed by atoms with van der Waals surface area (Å²) >= 11 is 1.31. The molecule has 0 radical (unpaired) electrons. The zero-order valence-electron chi connectivity index (χ0n) is 12.8. The van der Waals surface area contributed by atoms with Crippen molar-refractivity contribution >= 4 is 21.4 Å². The van der Waals surface area contributed by atoms with Gasteiger partial charge in [-0.2, -0.15) is 0 Å². The molecule has 0 aliphatic heterocycles. The van der Waals surface area contributed by atoms with Crippen LogP contribution in [0.3, 0.4) is 0 Å². The summed E-state index contributed by atoms with van der Waals surface area (Å²) in [5.41, 5.74) is 0. The molecule has 0 saturated heterocycles. The lowest BCUT2D eigenvalue weighted by Crippen LogP contribution is -2.44. The number of hydrogen-bond acceptors (Lipinski definition) is 5. The van der Waals surface area contributed by atoms with Crippen LogP contribution >= 0.6 is 11.3 Å². The van der Waals surface area contributed by atoms with E-state index >= 15 is 0 Å². The van der Waals surface area contributed by atoms with E-state index in [1.165, 1.54) is 11.3 Å². The Hall–Kier alpha value is -0.470. The Morgan fingerprint density at radius 1 is 1.30 bits per heavy atom. The van der Waals surface area contributed by atoms with Crippen LogP contribution in [0.4, 0.5) is 0 Å². The van der Waals surface area contributed by atoms with E-state index in [9.17, 15) is 8.42 Å². The van der Waals surface area contributed by atoms with Crippen molar-refractivity contribution in [1.82, 2.24) is 14.9 Å². The molecule has 116 valence electrons. The van der Waals surface area contributed by atoms with Crippen LogP contribution < -0.4 is 10.0 Å². The van der Waals surface area contributed by atoms with Gasteiger partial charge in [0, 0.05) is 24.0 Å². The van der Waals surface area contributed by atoms with Crippen molar-refractivity contribution in [2.24, 2.45) is 5.92 Å². The molecule has 0 fully saturated rings. The van der Waals surface area contributed by atoms with E-state index < -0.39 is 10.0 Å². The van der Waals surface area contributed by atoms with Crippen LogP contribution in [0.15, 0.2) is 16.3 Å². The maximum Gasteiger partial charge on any atom is 0.250 e. The third-order valence-corrected chi connectivity index (χ3v) is 5.99. The molecule has 1 aromatic rings. The second-order valence-electron chi connectivity index (χ2n) is 5.49. The zero-order chi connectivity index (χ0) is 15.3. The van der Waals surface area contributed by atoms with Crippen molar-refractivity contribution in [2.75, 3.05) is 27.7 Å². The molecule has 2 N–H and O–H groups in total. The van der Waals surface area contributed by atoms with Crippen LogP contribution in [0, 0.1) is 5.92 Å². The summed E-state index contributed by atoms with van der Waals surface area (Å²) in [6.07, 6.45) is 0. The Balaban J connectivity index is 2.85. The van der Waals surface area contributed by atoms with Crippen molar-refractivity contribution in [3.05, 3.63) is 17.0 Å². The summed E-state index contributed by atoms with van der Waals surface area (Å²) in [7, 11) is 2.30. The fourth-order valence-electron chi connectivity index (χ4n) is 1.81. The minimum atomic E-state index is -3.43. The third kappa shape index (κ3) is 5.14. The van der Waals surface area contributed by atoms with Crippen LogP contribution in [-0.4, -0.2) is 47.0 Å². The lowest BCUT2D eigenvalue weighted by Gasteiger charge is -2.25. The van der Waals surface area contributed by atoms with Gasteiger partial charge >= 0.3 is 0 Å². The van der Waals surface area contributed by atoms with Gasteiger partial charge in [-0.25, -0.2) is 13.1 Å². The number of likely N-dealkylation sites (N-methyl/N-ethyl adjacent to an activating group) is 1. The van der Waals surface area contributed by atoms with E-state index in [0.717, 1.165) is 4.88 Å². The molecule has 1 rings (SSSR count). The Morgan fingerprint density at radius 3 is 2.45 bits per heavy atom. The second-order valence-corrected chi connectivity index (χ2v) is 8.59. The SMILES string of the molecule is CNCc1ccc(S(=O)(=O)NC(CN(C)C)C(C)C)s1. The number of thiophene rings is 1. The minimum absolute atomic E-state index is 0.0927. The number of sulfonamides is 1. The zero-order valence-corrected chi connectivity index (χ0v) is 14.4. The van der Waals surface area contributed by atoms with Crippen LogP contribution in [0.1, 0.15) is 18.7 Å². The van der Waals surface area contributed by atoms with E-state index in [0.29, 0.717) is 17.3 Å². The summed E-state index contributed by atoms with van der Waals surface area (Å²) in [6.45, 7) is 5.42. The monoisotopic (exact) mass is 319 g/mol. The Bertz CT molecular complexity index is 509. The fraction of sp³-hybridized carbons (Fsp3) is 0.692. The third-order valence-electron chi connectivity index (χ3n) is 2.93. The molecule has 0 aliphatic rings.